The highest BCUT2D eigenvalue weighted by atomic mass is 32.1. The van der Waals surface area contributed by atoms with Crippen molar-refractivity contribution < 1.29 is 5.11 Å². The van der Waals surface area contributed by atoms with Crippen molar-refractivity contribution in [3.8, 4) is 0 Å². The van der Waals surface area contributed by atoms with E-state index in [4.69, 9.17) is 5.73 Å². The molecule has 0 radical (unpaired) electrons. The Bertz CT molecular complexity index is 246. The number of aliphatic hydroxyl groups is 1. The minimum Gasteiger partial charge on any atom is -0.386 e. The summed E-state index contributed by atoms with van der Waals surface area (Å²) in [6, 6.07) is 0. The predicted molar refractivity (Wildman–Crippen MR) is 52.3 cm³/mol. The topological polar surface area (TPSA) is 72.0 Å². The zero-order valence-electron chi connectivity index (χ0n) is 7.90. The van der Waals surface area contributed by atoms with E-state index in [9.17, 15) is 5.11 Å². The zero-order chi connectivity index (χ0) is 9.90. The summed E-state index contributed by atoms with van der Waals surface area (Å²) in [6.45, 7) is 4.41. The second-order valence-corrected chi connectivity index (χ2v) is 4.05. The Morgan fingerprint density at radius 3 is 2.85 bits per heavy atom. The summed E-state index contributed by atoms with van der Waals surface area (Å²) in [4.78, 5) is 0. The summed E-state index contributed by atoms with van der Waals surface area (Å²) in [5, 5.41) is 15.6. The number of rotatable bonds is 4. The molecule has 1 aromatic heterocycles. The van der Waals surface area contributed by atoms with E-state index in [0.29, 0.717) is 12.2 Å². The SMILES string of the molecule is CCC(C)(CN)C(O)c1csnn1. The first-order chi connectivity index (χ1) is 6.14. The minimum absolute atomic E-state index is 0.296. The Labute approximate surface area is 81.9 Å². The van der Waals surface area contributed by atoms with Gasteiger partial charge in [0.15, 0.2) is 0 Å². The van der Waals surface area contributed by atoms with E-state index in [0.717, 1.165) is 6.42 Å². The summed E-state index contributed by atoms with van der Waals surface area (Å²) < 4.78 is 3.72. The van der Waals surface area contributed by atoms with Gasteiger partial charge >= 0.3 is 0 Å². The van der Waals surface area contributed by atoms with Gasteiger partial charge in [0.1, 0.15) is 11.8 Å². The second kappa shape index (κ2) is 4.13. The second-order valence-electron chi connectivity index (χ2n) is 3.44. The van der Waals surface area contributed by atoms with Crippen LogP contribution in [0.25, 0.3) is 0 Å². The Kier molecular flexibility index (Phi) is 3.35. The molecule has 1 heterocycles. The summed E-state index contributed by atoms with van der Waals surface area (Å²) in [5.74, 6) is 0. The molecule has 4 nitrogen and oxygen atoms in total. The van der Waals surface area contributed by atoms with Crippen molar-refractivity contribution in [1.82, 2.24) is 9.59 Å². The lowest BCUT2D eigenvalue weighted by molar-refractivity contribution is 0.0357. The van der Waals surface area contributed by atoms with Crippen molar-refractivity contribution in [3.63, 3.8) is 0 Å². The monoisotopic (exact) mass is 201 g/mol. The van der Waals surface area contributed by atoms with Gasteiger partial charge in [-0.3, -0.25) is 0 Å². The largest absolute Gasteiger partial charge is 0.386 e. The van der Waals surface area contributed by atoms with Crippen molar-refractivity contribution in [2.45, 2.75) is 26.4 Å². The van der Waals surface area contributed by atoms with Crippen LogP contribution in [0.1, 0.15) is 32.1 Å². The van der Waals surface area contributed by atoms with E-state index < -0.39 is 6.10 Å². The maximum atomic E-state index is 9.95. The van der Waals surface area contributed by atoms with Gasteiger partial charge in [-0.25, -0.2) is 0 Å². The van der Waals surface area contributed by atoms with Gasteiger partial charge in [0.25, 0.3) is 0 Å². The van der Waals surface area contributed by atoms with Gasteiger partial charge in [-0.05, 0) is 18.0 Å². The first-order valence-corrected chi connectivity index (χ1v) is 5.13. The Balaban J connectivity index is 2.82. The van der Waals surface area contributed by atoms with Crippen molar-refractivity contribution in [1.29, 1.82) is 0 Å². The van der Waals surface area contributed by atoms with Crippen molar-refractivity contribution >= 4 is 11.5 Å². The summed E-state index contributed by atoms with van der Waals surface area (Å²) in [6.07, 6.45) is 0.212. The van der Waals surface area contributed by atoms with Crippen molar-refractivity contribution in [2.24, 2.45) is 11.1 Å². The molecule has 2 unspecified atom stereocenters. The molecule has 0 aromatic carbocycles. The molecule has 13 heavy (non-hydrogen) atoms. The number of hydrogen-bond donors (Lipinski definition) is 2. The first kappa shape index (κ1) is 10.6. The molecule has 5 heteroatoms. The fraction of sp³-hybridized carbons (Fsp3) is 0.750. The molecule has 1 aromatic rings. The molecule has 0 aliphatic carbocycles. The van der Waals surface area contributed by atoms with Gasteiger partial charge in [0, 0.05) is 17.3 Å². The van der Waals surface area contributed by atoms with Crippen LogP contribution in [0, 0.1) is 5.41 Å². The lowest BCUT2D eigenvalue weighted by Gasteiger charge is -2.30. The van der Waals surface area contributed by atoms with Crippen LogP contribution in [0.15, 0.2) is 5.38 Å². The third-order valence-electron chi connectivity index (χ3n) is 2.59. The van der Waals surface area contributed by atoms with Crippen molar-refractivity contribution in [2.75, 3.05) is 6.54 Å². The van der Waals surface area contributed by atoms with Crippen LogP contribution < -0.4 is 5.73 Å². The average molecular weight is 201 g/mol. The fourth-order valence-electron chi connectivity index (χ4n) is 1.10. The predicted octanol–water partition coefficient (Wildman–Crippen LogP) is 0.946. The van der Waals surface area contributed by atoms with E-state index >= 15 is 0 Å². The van der Waals surface area contributed by atoms with E-state index in [-0.39, 0.29) is 5.41 Å². The van der Waals surface area contributed by atoms with Crippen LogP contribution in [0.5, 0.6) is 0 Å². The van der Waals surface area contributed by atoms with Crippen LogP contribution in [-0.4, -0.2) is 21.2 Å². The standard InChI is InChI=1S/C8H15N3OS/c1-3-8(2,5-9)7(12)6-4-13-11-10-6/h4,7,12H,3,5,9H2,1-2H3. The molecular weight excluding hydrogens is 186 g/mol. The molecular formula is C8H15N3OS. The molecule has 0 saturated heterocycles. The smallest absolute Gasteiger partial charge is 0.105 e. The highest BCUT2D eigenvalue weighted by Gasteiger charge is 2.32. The van der Waals surface area contributed by atoms with Crippen LogP contribution in [-0.2, 0) is 0 Å². The van der Waals surface area contributed by atoms with E-state index in [2.05, 4.69) is 9.59 Å². The summed E-state index contributed by atoms with van der Waals surface area (Å²) >= 11 is 1.24. The molecule has 0 fully saturated rings. The van der Waals surface area contributed by atoms with Crippen LogP contribution in [0.4, 0.5) is 0 Å². The van der Waals surface area contributed by atoms with Crippen molar-refractivity contribution in [3.05, 3.63) is 11.1 Å². The van der Waals surface area contributed by atoms with E-state index in [1.54, 1.807) is 5.38 Å². The molecule has 0 amide bonds. The third kappa shape index (κ3) is 2.04. The Hall–Kier alpha value is -0.520. The molecule has 0 saturated carbocycles. The van der Waals surface area contributed by atoms with Crippen LogP contribution in [0.3, 0.4) is 0 Å². The van der Waals surface area contributed by atoms with Gasteiger partial charge in [-0.15, -0.1) is 5.10 Å². The zero-order valence-corrected chi connectivity index (χ0v) is 8.71. The Morgan fingerprint density at radius 2 is 2.46 bits per heavy atom. The molecule has 74 valence electrons. The third-order valence-corrected chi connectivity index (χ3v) is 3.11. The maximum Gasteiger partial charge on any atom is 0.105 e. The lowest BCUT2D eigenvalue weighted by Crippen LogP contribution is -2.33. The van der Waals surface area contributed by atoms with Gasteiger partial charge in [0.05, 0.1) is 0 Å². The molecule has 3 N–H and O–H groups in total. The van der Waals surface area contributed by atoms with Gasteiger partial charge in [-0.1, -0.05) is 18.3 Å². The van der Waals surface area contributed by atoms with Gasteiger partial charge < -0.3 is 10.8 Å². The molecule has 0 spiro atoms. The number of aliphatic hydroxyl groups excluding tert-OH is 1. The first-order valence-electron chi connectivity index (χ1n) is 4.29. The Morgan fingerprint density at radius 1 is 1.77 bits per heavy atom. The van der Waals surface area contributed by atoms with Gasteiger partial charge in [-0.2, -0.15) is 0 Å². The molecule has 0 bridgehead atoms. The van der Waals surface area contributed by atoms with Crippen LogP contribution >= 0.6 is 11.5 Å². The van der Waals surface area contributed by atoms with E-state index in [1.807, 2.05) is 13.8 Å². The van der Waals surface area contributed by atoms with E-state index in [1.165, 1.54) is 11.5 Å². The normalized spacial score (nSPS) is 18.2. The molecule has 2 atom stereocenters. The minimum atomic E-state index is -0.610. The van der Waals surface area contributed by atoms with Gasteiger partial charge in [0.2, 0.25) is 0 Å². The summed E-state index contributed by atoms with van der Waals surface area (Å²) in [5.41, 5.74) is 5.95. The molecule has 0 aliphatic rings. The average Bonchev–Trinajstić information content (AvgIpc) is 2.68. The highest BCUT2D eigenvalue weighted by molar-refractivity contribution is 7.03. The molecule has 0 aliphatic heterocycles. The number of hydrogen-bond acceptors (Lipinski definition) is 5. The highest BCUT2D eigenvalue weighted by Crippen LogP contribution is 2.34. The van der Waals surface area contributed by atoms with Crippen LogP contribution in [0.2, 0.25) is 0 Å². The maximum absolute atomic E-state index is 9.95. The number of aromatic nitrogens is 2. The molecule has 1 rings (SSSR count). The number of nitrogens with zero attached hydrogens (tertiary/aromatic N) is 2. The quantitative estimate of drug-likeness (QED) is 0.760. The fourth-order valence-corrected chi connectivity index (χ4v) is 1.57. The summed E-state index contributed by atoms with van der Waals surface area (Å²) in [7, 11) is 0. The number of nitrogens with two attached hydrogens (primary N) is 1. The lowest BCUT2D eigenvalue weighted by atomic mass is 9.80.